The maximum atomic E-state index is 11.5. The van der Waals surface area contributed by atoms with Crippen LogP contribution in [0.3, 0.4) is 0 Å². The molecule has 0 aliphatic heterocycles. The van der Waals surface area contributed by atoms with Gasteiger partial charge in [-0.2, -0.15) is 8.42 Å². The number of hydrogen-bond donors (Lipinski definition) is 2. The summed E-state index contributed by atoms with van der Waals surface area (Å²) < 4.78 is 32.3. The Balaban J connectivity index is 3.93. The second-order valence-corrected chi connectivity index (χ2v) is 8.37. The molecule has 0 aromatic carbocycles. The third kappa shape index (κ3) is 12.9. The number of aliphatic hydroxyl groups is 1. The van der Waals surface area contributed by atoms with Crippen LogP contribution in [0.25, 0.3) is 0 Å². The standard InChI is InChI=1S/C18H38O4S/c1-3-5-7-9-10-11-12-13-15-17(19)18(23(20,21)22)16-14-8-6-4-2/h17-19H,3-16H2,1-2H3,(H,20,21,22). The quantitative estimate of drug-likeness (QED) is 0.300. The van der Waals surface area contributed by atoms with Crippen LogP contribution < -0.4 is 0 Å². The van der Waals surface area contributed by atoms with Crippen LogP contribution in [0.1, 0.15) is 104 Å². The van der Waals surface area contributed by atoms with Gasteiger partial charge in [0.25, 0.3) is 10.1 Å². The van der Waals surface area contributed by atoms with Crippen LogP contribution in [0.2, 0.25) is 0 Å². The predicted molar refractivity (Wildman–Crippen MR) is 97.3 cm³/mol. The second-order valence-electron chi connectivity index (χ2n) is 6.73. The van der Waals surface area contributed by atoms with E-state index < -0.39 is 21.5 Å². The van der Waals surface area contributed by atoms with Crippen LogP contribution >= 0.6 is 0 Å². The molecule has 0 spiro atoms. The molecule has 5 heteroatoms. The Morgan fingerprint density at radius 2 is 1.09 bits per heavy atom. The summed E-state index contributed by atoms with van der Waals surface area (Å²) in [5.41, 5.74) is 0. The third-order valence-corrected chi connectivity index (χ3v) is 5.82. The van der Waals surface area contributed by atoms with Crippen molar-refractivity contribution in [2.24, 2.45) is 0 Å². The monoisotopic (exact) mass is 350 g/mol. The largest absolute Gasteiger partial charge is 0.392 e. The zero-order valence-corrected chi connectivity index (χ0v) is 16.0. The van der Waals surface area contributed by atoms with E-state index in [0.29, 0.717) is 12.8 Å². The van der Waals surface area contributed by atoms with Gasteiger partial charge >= 0.3 is 0 Å². The van der Waals surface area contributed by atoms with E-state index >= 15 is 0 Å². The van der Waals surface area contributed by atoms with Crippen LogP contribution in [0.4, 0.5) is 0 Å². The fourth-order valence-corrected chi connectivity index (χ4v) is 3.98. The highest BCUT2D eigenvalue weighted by molar-refractivity contribution is 7.86. The zero-order valence-electron chi connectivity index (χ0n) is 15.2. The molecule has 140 valence electrons. The Morgan fingerprint density at radius 1 is 0.696 bits per heavy atom. The molecule has 2 atom stereocenters. The van der Waals surface area contributed by atoms with Crippen molar-refractivity contribution in [1.82, 2.24) is 0 Å². The molecule has 0 saturated carbocycles. The van der Waals surface area contributed by atoms with Gasteiger partial charge < -0.3 is 5.11 Å². The fraction of sp³-hybridized carbons (Fsp3) is 1.00. The molecule has 0 saturated heterocycles. The fourth-order valence-electron chi connectivity index (χ4n) is 2.99. The normalized spacial score (nSPS) is 14.8. The summed E-state index contributed by atoms with van der Waals surface area (Å²) in [5, 5.41) is 9.12. The highest BCUT2D eigenvalue weighted by Gasteiger charge is 2.29. The SMILES string of the molecule is CCCCCCCCCCC(O)C(CCCCCC)S(=O)(=O)O. The average molecular weight is 351 g/mol. The Morgan fingerprint density at radius 3 is 1.57 bits per heavy atom. The highest BCUT2D eigenvalue weighted by Crippen LogP contribution is 2.19. The first kappa shape index (κ1) is 22.9. The minimum absolute atomic E-state index is 0.358. The molecule has 4 nitrogen and oxygen atoms in total. The highest BCUT2D eigenvalue weighted by atomic mass is 32.2. The Labute approximate surface area is 143 Å². The van der Waals surface area contributed by atoms with E-state index in [9.17, 15) is 18.1 Å². The van der Waals surface area contributed by atoms with Gasteiger partial charge in [0.05, 0.1) is 6.10 Å². The Bertz CT molecular complexity index is 354. The maximum Gasteiger partial charge on any atom is 0.270 e. The van der Waals surface area contributed by atoms with Crippen LogP contribution in [0.15, 0.2) is 0 Å². The van der Waals surface area contributed by atoms with Gasteiger partial charge in [0, 0.05) is 0 Å². The summed E-state index contributed by atoms with van der Waals surface area (Å²) in [6.45, 7) is 4.30. The number of hydrogen-bond acceptors (Lipinski definition) is 3. The van der Waals surface area contributed by atoms with Crippen molar-refractivity contribution < 1.29 is 18.1 Å². The molecule has 0 rings (SSSR count). The van der Waals surface area contributed by atoms with Crippen LogP contribution in [-0.2, 0) is 10.1 Å². The van der Waals surface area contributed by atoms with E-state index in [0.717, 1.165) is 44.9 Å². The summed E-state index contributed by atoms with van der Waals surface area (Å²) in [6, 6.07) is 0. The molecule has 0 aromatic heterocycles. The average Bonchev–Trinajstić information content (AvgIpc) is 2.48. The van der Waals surface area contributed by atoms with Crippen molar-refractivity contribution in [3.63, 3.8) is 0 Å². The Kier molecular flexibility index (Phi) is 14.2. The lowest BCUT2D eigenvalue weighted by Crippen LogP contribution is -2.33. The van der Waals surface area contributed by atoms with Gasteiger partial charge in [-0.25, -0.2) is 0 Å². The lowest BCUT2D eigenvalue weighted by molar-refractivity contribution is 0.146. The first-order valence-corrected chi connectivity index (χ1v) is 11.1. The van der Waals surface area contributed by atoms with Gasteiger partial charge in [0.15, 0.2) is 0 Å². The molecule has 0 aromatic rings. The third-order valence-electron chi connectivity index (χ3n) is 4.51. The zero-order chi connectivity index (χ0) is 17.6. The van der Waals surface area contributed by atoms with Gasteiger partial charge in [-0.1, -0.05) is 90.9 Å². The van der Waals surface area contributed by atoms with Crippen molar-refractivity contribution in [2.45, 2.75) is 115 Å². The van der Waals surface area contributed by atoms with Gasteiger partial charge in [0.2, 0.25) is 0 Å². The smallest absolute Gasteiger partial charge is 0.270 e. The molecule has 0 bridgehead atoms. The molecule has 2 N–H and O–H groups in total. The predicted octanol–water partition coefficient (Wildman–Crippen LogP) is 5.10. The molecule has 23 heavy (non-hydrogen) atoms. The first-order valence-electron chi connectivity index (χ1n) is 9.57. The van der Waals surface area contributed by atoms with Gasteiger partial charge in [-0.15, -0.1) is 0 Å². The van der Waals surface area contributed by atoms with Crippen molar-refractivity contribution in [3.8, 4) is 0 Å². The molecule has 0 aliphatic rings. The van der Waals surface area contributed by atoms with E-state index in [-0.39, 0.29) is 0 Å². The minimum Gasteiger partial charge on any atom is -0.392 e. The molecule has 0 amide bonds. The summed E-state index contributed by atoms with van der Waals surface area (Å²) >= 11 is 0. The summed E-state index contributed by atoms with van der Waals surface area (Å²) in [5.74, 6) is 0. The molecule has 0 fully saturated rings. The van der Waals surface area contributed by atoms with Crippen molar-refractivity contribution in [3.05, 3.63) is 0 Å². The lowest BCUT2D eigenvalue weighted by atomic mass is 10.0. The number of unbranched alkanes of at least 4 members (excludes halogenated alkanes) is 10. The molecule has 0 radical (unpaired) electrons. The molecule has 0 heterocycles. The van der Waals surface area contributed by atoms with E-state index in [2.05, 4.69) is 13.8 Å². The van der Waals surface area contributed by atoms with E-state index in [1.165, 1.54) is 32.1 Å². The Hall–Kier alpha value is -0.130. The first-order chi connectivity index (χ1) is 10.9. The van der Waals surface area contributed by atoms with E-state index in [1.807, 2.05) is 0 Å². The van der Waals surface area contributed by atoms with Gasteiger partial charge in [0.1, 0.15) is 5.25 Å². The van der Waals surface area contributed by atoms with Crippen molar-refractivity contribution >= 4 is 10.1 Å². The molecule has 2 unspecified atom stereocenters. The van der Waals surface area contributed by atoms with Gasteiger partial charge in [-0.05, 0) is 12.8 Å². The summed E-state index contributed by atoms with van der Waals surface area (Å²) in [6.07, 6.45) is 13.0. The van der Waals surface area contributed by atoms with Crippen LogP contribution in [0.5, 0.6) is 0 Å². The number of aliphatic hydroxyl groups excluding tert-OH is 1. The van der Waals surface area contributed by atoms with Gasteiger partial charge in [-0.3, -0.25) is 4.55 Å². The number of rotatable bonds is 16. The van der Waals surface area contributed by atoms with Crippen LogP contribution in [0, 0.1) is 0 Å². The van der Waals surface area contributed by atoms with E-state index in [4.69, 9.17) is 0 Å². The molecule has 0 aliphatic carbocycles. The maximum absolute atomic E-state index is 11.5. The summed E-state index contributed by atoms with van der Waals surface area (Å²) in [7, 11) is -4.16. The lowest BCUT2D eigenvalue weighted by Gasteiger charge is -2.20. The van der Waals surface area contributed by atoms with Crippen molar-refractivity contribution in [2.75, 3.05) is 0 Å². The van der Waals surface area contributed by atoms with Crippen LogP contribution in [-0.4, -0.2) is 29.4 Å². The van der Waals surface area contributed by atoms with Crippen molar-refractivity contribution in [1.29, 1.82) is 0 Å². The second kappa shape index (κ2) is 14.2. The minimum atomic E-state index is -4.16. The molecular formula is C18H38O4S. The van der Waals surface area contributed by atoms with E-state index in [1.54, 1.807) is 0 Å². The topological polar surface area (TPSA) is 74.6 Å². The molecular weight excluding hydrogens is 312 g/mol. The summed E-state index contributed by atoms with van der Waals surface area (Å²) in [4.78, 5) is 0.